The molecule has 1 aromatic rings. The van der Waals surface area contributed by atoms with Crippen LogP contribution in [0, 0.1) is 19.8 Å². The third kappa shape index (κ3) is 3.90. The molecule has 1 aromatic heterocycles. The van der Waals surface area contributed by atoms with Crippen LogP contribution in [0.5, 0.6) is 0 Å². The van der Waals surface area contributed by atoms with E-state index in [0.29, 0.717) is 0 Å². The van der Waals surface area contributed by atoms with Gasteiger partial charge >= 0.3 is 0 Å². The summed E-state index contributed by atoms with van der Waals surface area (Å²) in [7, 11) is 0. The highest BCUT2D eigenvalue weighted by molar-refractivity contribution is 5.47. The van der Waals surface area contributed by atoms with Crippen molar-refractivity contribution < 1.29 is 0 Å². The number of nitrogens with zero attached hydrogens (tertiary/aromatic N) is 1. The number of anilines is 1. The molecule has 2 nitrogen and oxygen atoms in total. The van der Waals surface area contributed by atoms with Gasteiger partial charge in [-0.25, -0.2) is 0 Å². The Morgan fingerprint density at radius 1 is 1.33 bits per heavy atom. The molecule has 1 rings (SSSR count). The van der Waals surface area contributed by atoms with Gasteiger partial charge in [-0.15, -0.1) is 0 Å². The summed E-state index contributed by atoms with van der Waals surface area (Å²) in [6, 6.07) is 4.18. The summed E-state index contributed by atoms with van der Waals surface area (Å²) >= 11 is 0. The topological polar surface area (TPSA) is 24.9 Å². The van der Waals surface area contributed by atoms with Gasteiger partial charge in [0.15, 0.2) is 0 Å². The molecule has 0 spiro atoms. The van der Waals surface area contributed by atoms with Gasteiger partial charge < -0.3 is 5.32 Å². The van der Waals surface area contributed by atoms with Gasteiger partial charge in [0.1, 0.15) is 0 Å². The number of pyridine rings is 1. The van der Waals surface area contributed by atoms with Crippen LogP contribution < -0.4 is 5.32 Å². The summed E-state index contributed by atoms with van der Waals surface area (Å²) < 4.78 is 0. The summed E-state index contributed by atoms with van der Waals surface area (Å²) in [5, 5.41) is 3.46. The zero-order valence-electron chi connectivity index (χ0n) is 10.3. The summed E-state index contributed by atoms with van der Waals surface area (Å²) in [5.41, 5.74) is 3.35. The first-order valence-electron chi connectivity index (χ1n) is 5.81. The van der Waals surface area contributed by atoms with E-state index in [1.54, 1.807) is 0 Å². The van der Waals surface area contributed by atoms with Gasteiger partial charge in [0.25, 0.3) is 0 Å². The van der Waals surface area contributed by atoms with Crippen LogP contribution in [0.25, 0.3) is 0 Å². The molecule has 1 heterocycles. The molecular formula is C13H22N2. The fraction of sp³-hybridized carbons (Fsp3) is 0.615. The predicted molar refractivity (Wildman–Crippen MR) is 66.3 cm³/mol. The van der Waals surface area contributed by atoms with Crippen molar-refractivity contribution in [3.63, 3.8) is 0 Å². The molecule has 1 N–H and O–H groups in total. The van der Waals surface area contributed by atoms with Gasteiger partial charge in [-0.1, -0.05) is 20.3 Å². The van der Waals surface area contributed by atoms with Crippen molar-refractivity contribution in [2.75, 3.05) is 11.9 Å². The zero-order valence-corrected chi connectivity index (χ0v) is 10.3. The molecule has 1 atom stereocenters. The van der Waals surface area contributed by atoms with Crippen LogP contribution in [0.3, 0.4) is 0 Å². The maximum atomic E-state index is 4.43. The van der Waals surface area contributed by atoms with Crippen molar-refractivity contribution in [2.45, 2.75) is 40.5 Å². The molecule has 15 heavy (non-hydrogen) atoms. The van der Waals surface area contributed by atoms with Crippen LogP contribution in [0.15, 0.2) is 12.1 Å². The van der Waals surface area contributed by atoms with Gasteiger partial charge in [-0.05, 0) is 38.3 Å². The number of nitrogens with one attached hydrogen (secondary N) is 1. The van der Waals surface area contributed by atoms with Gasteiger partial charge in [-0.2, -0.15) is 0 Å². The van der Waals surface area contributed by atoms with Crippen LogP contribution in [-0.2, 0) is 0 Å². The Hall–Kier alpha value is -1.05. The Morgan fingerprint density at radius 3 is 2.67 bits per heavy atom. The number of hydrogen-bond donors (Lipinski definition) is 1. The highest BCUT2D eigenvalue weighted by Crippen LogP contribution is 2.14. The lowest BCUT2D eigenvalue weighted by Crippen LogP contribution is -2.12. The average molecular weight is 206 g/mol. The van der Waals surface area contributed by atoms with Gasteiger partial charge in [0.2, 0.25) is 0 Å². The third-order valence-electron chi connectivity index (χ3n) is 2.65. The summed E-state index contributed by atoms with van der Waals surface area (Å²) in [6.45, 7) is 9.64. The minimum Gasteiger partial charge on any atom is -0.383 e. The quantitative estimate of drug-likeness (QED) is 0.797. The molecule has 0 saturated carbocycles. The lowest BCUT2D eigenvalue weighted by Gasteiger charge is -2.14. The third-order valence-corrected chi connectivity index (χ3v) is 2.65. The molecule has 0 aliphatic carbocycles. The van der Waals surface area contributed by atoms with E-state index in [1.165, 1.54) is 18.5 Å². The van der Waals surface area contributed by atoms with Gasteiger partial charge in [-0.3, -0.25) is 4.98 Å². The molecule has 2 heteroatoms. The number of hydrogen-bond acceptors (Lipinski definition) is 2. The van der Waals surface area contributed by atoms with Crippen LogP contribution in [0.4, 0.5) is 5.69 Å². The smallest absolute Gasteiger partial charge is 0.0606 e. The first-order chi connectivity index (χ1) is 7.13. The van der Waals surface area contributed by atoms with Crippen molar-refractivity contribution in [1.29, 1.82) is 0 Å². The molecule has 1 unspecified atom stereocenters. The summed E-state index contributed by atoms with van der Waals surface area (Å²) in [6.07, 6.45) is 2.54. The predicted octanol–water partition coefficient (Wildman–Crippen LogP) is 3.55. The van der Waals surface area contributed by atoms with Crippen molar-refractivity contribution in [1.82, 2.24) is 4.98 Å². The first kappa shape index (κ1) is 12.0. The standard InChI is InChI=1S/C13H22N2/c1-5-6-10(2)9-14-13-8-7-11(3)15-12(13)4/h7-8,10,14H,5-6,9H2,1-4H3. The summed E-state index contributed by atoms with van der Waals surface area (Å²) in [4.78, 5) is 4.43. The molecule has 0 radical (unpaired) electrons. The van der Waals surface area contributed by atoms with Crippen molar-refractivity contribution in [2.24, 2.45) is 5.92 Å². The van der Waals surface area contributed by atoms with Crippen LogP contribution in [0.1, 0.15) is 38.1 Å². The zero-order chi connectivity index (χ0) is 11.3. The fourth-order valence-electron chi connectivity index (χ4n) is 1.75. The second-order valence-corrected chi connectivity index (χ2v) is 4.36. The average Bonchev–Trinajstić information content (AvgIpc) is 2.17. The number of aromatic nitrogens is 1. The SMILES string of the molecule is CCCC(C)CNc1ccc(C)nc1C. The molecule has 0 saturated heterocycles. The van der Waals surface area contributed by atoms with Crippen LogP contribution >= 0.6 is 0 Å². The van der Waals surface area contributed by atoms with E-state index >= 15 is 0 Å². The Balaban J connectivity index is 2.50. The van der Waals surface area contributed by atoms with Gasteiger partial charge in [0, 0.05) is 12.2 Å². The van der Waals surface area contributed by atoms with E-state index in [2.05, 4.69) is 43.2 Å². The lowest BCUT2D eigenvalue weighted by molar-refractivity contribution is 0.550. The highest BCUT2D eigenvalue weighted by Gasteiger charge is 2.02. The maximum Gasteiger partial charge on any atom is 0.0606 e. The normalized spacial score (nSPS) is 12.5. The Kier molecular flexibility index (Phi) is 4.60. The molecule has 0 fully saturated rings. The van der Waals surface area contributed by atoms with Crippen LogP contribution in [-0.4, -0.2) is 11.5 Å². The Morgan fingerprint density at radius 2 is 2.07 bits per heavy atom. The maximum absolute atomic E-state index is 4.43. The van der Waals surface area contributed by atoms with Crippen molar-refractivity contribution in [3.8, 4) is 0 Å². The van der Waals surface area contributed by atoms with E-state index in [-0.39, 0.29) is 0 Å². The van der Waals surface area contributed by atoms with E-state index in [9.17, 15) is 0 Å². The largest absolute Gasteiger partial charge is 0.383 e. The summed E-state index contributed by atoms with van der Waals surface area (Å²) in [5.74, 6) is 0.732. The molecule has 0 aliphatic rings. The highest BCUT2D eigenvalue weighted by atomic mass is 14.9. The van der Waals surface area contributed by atoms with Crippen LogP contribution in [0.2, 0.25) is 0 Å². The second-order valence-electron chi connectivity index (χ2n) is 4.36. The number of rotatable bonds is 5. The molecule has 0 aliphatic heterocycles. The molecule has 0 amide bonds. The second kappa shape index (κ2) is 5.74. The molecule has 0 bridgehead atoms. The molecule has 0 aromatic carbocycles. The minimum atomic E-state index is 0.732. The monoisotopic (exact) mass is 206 g/mol. The molecule has 84 valence electrons. The Labute approximate surface area is 93.1 Å². The minimum absolute atomic E-state index is 0.732. The van der Waals surface area contributed by atoms with E-state index in [0.717, 1.165) is 23.9 Å². The van der Waals surface area contributed by atoms with E-state index in [1.807, 2.05) is 6.92 Å². The molecular weight excluding hydrogens is 184 g/mol. The first-order valence-corrected chi connectivity index (χ1v) is 5.81. The fourth-order valence-corrected chi connectivity index (χ4v) is 1.75. The number of aryl methyl sites for hydroxylation is 2. The van der Waals surface area contributed by atoms with Gasteiger partial charge in [0.05, 0.1) is 11.4 Å². The van der Waals surface area contributed by atoms with E-state index in [4.69, 9.17) is 0 Å². The Bertz CT molecular complexity index is 307. The lowest BCUT2D eigenvalue weighted by atomic mass is 10.1. The van der Waals surface area contributed by atoms with E-state index < -0.39 is 0 Å². The van der Waals surface area contributed by atoms with Crippen molar-refractivity contribution in [3.05, 3.63) is 23.5 Å². The van der Waals surface area contributed by atoms with Crippen molar-refractivity contribution >= 4 is 5.69 Å².